The maximum absolute atomic E-state index is 12.7. The van der Waals surface area contributed by atoms with Crippen LogP contribution in [0.25, 0.3) is 0 Å². The molecule has 145 valence electrons. The van der Waals surface area contributed by atoms with Crippen LogP contribution >= 0.6 is 0 Å². The normalized spacial score (nSPS) is 24.8. The van der Waals surface area contributed by atoms with E-state index in [0.29, 0.717) is 0 Å². The van der Waals surface area contributed by atoms with Crippen molar-refractivity contribution in [3.05, 3.63) is 37.0 Å². The van der Waals surface area contributed by atoms with Crippen molar-refractivity contribution < 1.29 is 56.6 Å². The van der Waals surface area contributed by atoms with Crippen LogP contribution in [0.4, 0.5) is 26.3 Å². The van der Waals surface area contributed by atoms with Crippen LogP contribution in [0, 0.1) is 17.4 Å². The van der Waals surface area contributed by atoms with Gasteiger partial charge in [0.05, 0.1) is 12.2 Å². The summed E-state index contributed by atoms with van der Waals surface area (Å²) in [6.45, 7) is 5.95. The van der Waals surface area contributed by atoms with E-state index in [-0.39, 0.29) is 20.4 Å². The molecule has 9 heteroatoms. The molecule has 0 heterocycles. The molecule has 0 fully saturated rings. The molecular weight excluding hydrogens is 524 g/mol. The molecule has 0 aromatic heterocycles. The molecular formula is C16H19F6O2Re-. The Balaban J connectivity index is 0.00000576. The van der Waals surface area contributed by atoms with Crippen LogP contribution in [0.15, 0.2) is 30.9 Å². The summed E-state index contributed by atoms with van der Waals surface area (Å²) in [7, 11) is 0. The Hall–Kier alpha value is -0.618. The SMILES string of the molecule is C=[C-]C1(C)C=CC=CC1C(C)(C)OCC(O)(C(F)(F)F)C(F)(F)F.[Re]. The van der Waals surface area contributed by atoms with Crippen molar-refractivity contribution in [1.82, 2.24) is 0 Å². The summed E-state index contributed by atoms with van der Waals surface area (Å²) in [5.41, 5.74) is -7.24. The van der Waals surface area contributed by atoms with E-state index in [1.807, 2.05) is 0 Å². The first-order valence-electron chi connectivity index (χ1n) is 7.01. The molecule has 25 heavy (non-hydrogen) atoms. The van der Waals surface area contributed by atoms with Crippen molar-refractivity contribution in [3.63, 3.8) is 0 Å². The number of hydrogen-bond donors (Lipinski definition) is 1. The second-order valence-electron chi connectivity index (χ2n) is 6.43. The number of ether oxygens (including phenoxy) is 1. The standard InChI is InChI=1S/C16H19F6O2.Re/c1-5-13(4)9-7-6-8-11(13)12(2,3)24-10-14(23,15(17,18)19)16(20,21)22;/h6-9,11,23H,1,10H2,2-4H3;/q-1;. The number of rotatable bonds is 5. The van der Waals surface area contributed by atoms with Crippen LogP contribution in [0.2, 0.25) is 0 Å². The molecule has 0 aliphatic heterocycles. The van der Waals surface area contributed by atoms with E-state index in [9.17, 15) is 31.4 Å². The van der Waals surface area contributed by atoms with Gasteiger partial charge in [0.25, 0.3) is 5.60 Å². The summed E-state index contributed by atoms with van der Waals surface area (Å²) >= 11 is 0. The molecule has 0 aromatic carbocycles. The fourth-order valence-corrected chi connectivity index (χ4v) is 2.56. The van der Waals surface area contributed by atoms with Gasteiger partial charge in [-0.05, 0) is 19.8 Å². The zero-order chi connectivity index (χ0) is 19.0. The van der Waals surface area contributed by atoms with E-state index >= 15 is 0 Å². The first-order chi connectivity index (χ1) is 10.6. The second kappa shape index (κ2) is 7.55. The largest absolute Gasteiger partial charge is 0.493 e. The fourth-order valence-electron chi connectivity index (χ4n) is 2.56. The number of hydrogen-bond acceptors (Lipinski definition) is 2. The molecule has 0 bridgehead atoms. The van der Waals surface area contributed by atoms with Gasteiger partial charge in [0.2, 0.25) is 0 Å². The third-order valence-corrected chi connectivity index (χ3v) is 4.22. The van der Waals surface area contributed by atoms with E-state index in [0.717, 1.165) is 0 Å². The summed E-state index contributed by atoms with van der Waals surface area (Å²) < 4.78 is 81.4. The molecule has 0 saturated heterocycles. The molecule has 2 atom stereocenters. The summed E-state index contributed by atoms with van der Waals surface area (Å²) in [6.07, 6.45) is -2.57. The first kappa shape index (κ1) is 24.4. The minimum Gasteiger partial charge on any atom is -0.493 e. The summed E-state index contributed by atoms with van der Waals surface area (Å²) in [4.78, 5) is 0. The van der Waals surface area contributed by atoms with Crippen LogP contribution in [-0.2, 0) is 25.2 Å². The zero-order valence-corrected chi connectivity index (χ0v) is 16.5. The number of alkyl halides is 6. The minimum absolute atomic E-state index is 0. The van der Waals surface area contributed by atoms with Crippen LogP contribution in [-0.4, -0.2) is 35.3 Å². The van der Waals surface area contributed by atoms with Gasteiger partial charge in [-0.15, -0.1) is 11.5 Å². The predicted molar refractivity (Wildman–Crippen MR) is 75.8 cm³/mol. The number of aliphatic hydroxyl groups is 1. The molecule has 1 N–H and O–H groups in total. The van der Waals surface area contributed by atoms with Gasteiger partial charge in [-0.2, -0.15) is 26.3 Å². The van der Waals surface area contributed by atoms with Gasteiger partial charge in [-0.3, -0.25) is 6.58 Å². The van der Waals surface area contributed by atoms with Gasteiger partial charge in [0, 0.05) is 20.4 Å². The predicted octanol–water partition coefficient (Wildman–Crippen LogP) is 4.37. The average Bonchev–Trinajstić information content (AvgIpc) is 2.42. The molecule has 2 nitrogen and oxygen atoms in total. The van der Waals surface area contributed by atoms with Gasteiger partial charge in [0.15, 0.2) is 0 Å². The average molecular weight is 544 g/mol. The minimum atomic E-state index is -5.92. The van der Waals surface area contributed by atoms with E-state index in [2.05, 4.69) is 12.7 Å². The molecule has 0 amide bonds. The van der Waals surface area contributed by atoms with Crippen molar-refractivity contribution in [1.29, 1.82) is 0 Å². The van der Waals surface area contributed by atoms with Crippen LogP contribution < -0.4 is 0 Å². The van der Waals surface area contributed by atoms with Crippen LogP contribution in [0.3, 0.4) is 0 Å². The van der Waals surface area contributed by atoms with Gasteiger partial charge in [-0.1, -0.05) is 25.2 Å². The van der Waals surface area contributed by atoms with Crippen molar-refractivity contribution in [2.24, 2.45) is 11.3 Å². The Morgan fingerprint density at radius 1 is 1.12 bits per heavy atom. The van der Waals surface area contributed by atoms with Gasteiger partial charge >= 0.3 is 12.4 Å². The van der Waals surface area contributed by atoms with Crippen molar-refractivity contribution >= 4 is 0 Å². The summed E-state index contributed by atoms with van der Waals surface area (Å²) in [6, 6.07) is 0. The van der Waals surface area contributed by atoms with E-state index in [1.165, 1.54) is 13.8 Å². The molecule has 1 radical (unpaired) electrons. The first-order valence-corrected chi connectivity index (χ1v) is 7.01. The molecule has 0 spiro atoms. The summed E-state index contributed by atoms with van der Waals surface area (Å²) in [5.74, 6) is -0.627. The maximum atomic E-state index is 12.7. The Morgan fingerprint density at radius 3 is 2.00 bits per heavy atom. The monoisotopic (exact) mass is 544 g/mol. The van der Waals surface area contributed by atoms with Crippen molar-refractivity contribution in [3.8, 4) is 0 Å². The zero-order valence-electron chi connectivity index (χ0n) is 13.8. The smallest absolute Gasteiger partial charge is 0.428 e. The van der Waals surface area contributed by atoms with E-state index in [4.69, 9.17) is 4.74 Å². The Bertz CT molecular complexity index is 522. The topological polar surface area (TPSA) is 29.5 Å². The number of halogens is 6. The Kier molecular flexibility index (Phi) is 7.37. The van der Waals surface area contributed by atoms with Crippen molar-refractivity contribution in [2.45, 2.75) is 44.3 Å². The van der Waals surface area contributed by atoms with Gasteiger partial charge in [-0.25, -0.2) is 0 Å². The Labute approximate surface area is 156 Å². The second-order valence-corrected chi connectivity index (χ2v) is 6.43. The van der Waals surface area contributed by atoms with Crippen LogP contribution in [0.5, 0.6) is 0 Å². The van der Waals surface area contributed by atoms with Crippen molar-refractivity contribution in [2.75, 3.05) is 6.61 Å². The number of allylic oxidation sites excluding steroid dienone is 4. The van der Waals surface area contributed by atoms with Gasteiger partial charge in [0.1, 0.15) is 0 Å². The molecule has 0 aromatic rings. The third-order valence-electron chi connectivity index (χ3n) is 4.22. The third kappa shape index (κ3) is 4.76. The van der Waals surface area contributed by atoms with E-state index < -0.39 is 41.5 Å². The van der Waals surface area contributed by atoms with Gasteiger partial charge < -0.3 is 15.9 Å². The molecule has 1 aliphatic carbocycles. The molecule has 0 saturated carbocycles. The molecule has 2 unspecified atom stereocenters. The quantitative estimate of drug-likeness (QED) is 0.412. The molecule has 1 aliphatic rings. The fraction of sp³-hybridized carbons (Fsp3) is 0.625. The molecule has 1 rings (SSSR count). The summed E-state index contributed by atoms with van der Waals surface area (Å²) in [5, 5.41) is 9.20. The maximum Gasteiger partial charge on any atom is 0.428 e. The Morgan fingerprint density at radius 2 is 1.60 bits per heavy atom. The van der Waals surface area contributed by atoms with Crippen LogP contribution in [0.1, 0.15) is 20.8 Å². The van der Waals surface area contributed by atoms with E-state index in [1.54, 1.807) is 31.2 Å².